The third-order valence-electron chi connectivity index (χ3n) is 4.73. The second kappa shape index (κ2) is 9.19. The molecule has 0 bridgehead atoms. The number of benzene rings is 1. The van der Waals surface area contributed by atoms with E-state index in [1.165, 1.54) is 26.0 Å². The zero-order valence-electron chi connectivity index (χ0n) is 16.8. The fraction of sp³-hybridized carbons (Fsp3) is 0.381. The average Bonchev–Trinajstić information content (AvgIpc) is 3.18. The van der Waals surface area contributed by atoms with Gasteiger partial charge in [-0.2, -0.15) is 0 Å². The summed E-state index contributed by atoms with van der Waals surface area (Å²) in [4.78, 5) is 38.2. The minimum absolute atomic E-state index is 0.164. The molecule has 0 aliphatic carbocycles. The van der Waals surface area contributed by atoms with Gasteiger partial charge in [-0.05, 0) is 41.5 Å². The molecule has 0 fully saturated rings. The van der Waals surface area contributed by atoms with Crippen molar-refractivity contribution >= 4 is 33.1 Å². The van der Waals surface area contributed by atoms with Gasteiger partial charge in [0.25, 0.3) is 5.56 Å². The molecule has 1 aromatic carbocycles. The molecule has 1 amide bonds. The van der Waals surface area contributed by atoms with Crippen LogP contribution in [0.2, 0.25) is 0 Å². The van der Waals surface area contributed by atoms with Crippen LogP contribution in [0.15, 0.2) is 45.3 Å². The molecule has 154 valence electrons. The van der Waals surface area contributed by atoms with E-state index < -0.39 is 5.69 Å². The van der Waals surface area contributed by atoms with Crippen LogP contribution in [0.25, 0.3) is 10.2 Å². The van der Waals surface area contributed by atoms with Crippen molar-refractivity contribution in [2.45, 2.75) is 39.3 Å². The lowest BCUT2D eigenvalue weighted by atomic mass is 10.0. The Morgan fingerprint density at radius 1 is 1.14 bits per heavy atom. The van der Waals surface area contributed by atoms with Crippen LogP contribution in [-0.2, 0) is 22.6 Å². The summed E-state index contributed by atoms with van der Waals surface area (Å²) in [6.07, 6.45) is 0.539. The lowest BCUT2D eigenvalue weighted by molar-refractivity contribution is -0.116. The number of anilines is 1. The summed E-state index contributed by atoms with van der Waals surface area (Å²) in [7, 11) is 1.57. The molecular weight excluding hydrogens is 390 g/mol. The van der Waals surface area contributed by atoms with Gasteiger partial charge in [-0.1, -0.05) is 26.0 Å². The summed E-state index contributed by atoms with van der Waals surface area (Å²) < 4.78 is 8.02. The number of fused-ring (bicyclic) bond motifs is 1. The maximum absolute atomic E-state index is 12.9. The van der Waals surface area contributed by atoms with Crippen LogP contribution < -0.4 is 16.6 Å². The Kier molecular flexibility index (Phi) is 6.66. The molecule has 7 nitrogen and oxygen atoms in total. The van der Waals surface area contributed by atoms with Gasteiger partial charge in [0.15, 0.2) is 0 Å². The number of ether oxygens (including phenoxy) is 1. The molecule has 0 atom stereocenters. The zero-order valence-corrected chi connectivity index (χ0v) is 17.6. The van der Waals surface area contributed by atoms with Crippen LogP contribution in [0.4, 0.5) is 5.69 Å². The number of hydrogen-bond acceptors (Lipinski definition) is 5. The van der Waals surface area contributed by atoms with Crippen LogP contribution in [0.3, 0.4) is 0 Å². The monoisotopic (exact) mass is 415 g/mol. The van der Waals surface area contributed by atoms with Gasteiger partial charge in [0, 0.05) is 25.9 Å². The highest BCUT2D eigenvalue weighted by Gasteiger charge is 2.16. The summed E-state index contributed by atoms with van der Waals surface area (Å²) >= 11 is 1.27. The van der Waals surface area contributed by atoms with Gasteiger partial charge in [-0.25, -0.2) is 4.79 Å². The Morgan fingerprint density at radius 3 is 2.52 bits per heavy atom. The van der Waals surface area contributed by atoms with Crippen LogP contribution in [0, 0.1) is 0 Å². The molecule has 3 rings (SSSR count). The van der Waals surface area contributed by atoms with Crippen molar-refractivity contribution in [1.29, 1.82) is 0 Å². The Bertz CT molecular complexity index is 1110. The fourth-order valence-corrected chi connectivity index (χ4v) is 3.99. The first-order chi connectivity index (χ1) is 13.9. The topological polar surface area (TPSA) is 82.3 Å². The van der Waals surface area contributed by atoms with Crippen molar-refractivity contribution in [2.75, 3.05) is 19.0 Å². The van der Waals surface area contributed by atoms with Gasteiger partial charge >= 0.3 is 5.69 Å². The highest BCUT2D eigenvalue weighted by Crippen LogP contribution is 2.18. The SMILES string of the molecule is COCCCn1c(=O)c2sccc2n(CC(=O)Nc2ccc(C(C)C)cc2)c1=O. The van der Waals surface area contributed by atoms with Gasteiger partial charge in [0.05, 0.1) is 5.52 Å². The Labute approximate surface area is 172 Å². The quantitative estimate of drug-likeness (QED) is 0.574. The second-order valence-corrected chi connectivity index (χ2v) is 8.05. The number of thiophene rings is 1. The molecule has 0 aliphatic heterocycles. The molecule has 1 N–H and O–H groups in total. The van der Waals surface area contributed by atoms with Gasteiger partial charge in [-0.3, -0.25) is 18.7 Å². The molecule has 2 aromatic heterocycles. The third-order valence-corrected chi connectivity index (χ3v) is 5.62. The summed E-state index contributed by atoms with van der Waals surface area (Å²) in [6.45, 7) is 4.74. The van der Waals surface area contributed by atoms with E-state index in [0.29, 0.717) is 34.8 Å². The molecular formula is C21H25N3O4S. The molecule has 3 aromatic rings. The first-order valence-electron chi connectivity index (χ1n) is 9.52. The van der Waals surface area contributed by atoms with Gasteiger partial charge in [0.1, 0.15) is 11.2 Å². The van der Waals surface area contributed by atoms with Gasteiger partial charge in [-0.15, -0.1) is 11.3 Å². The van der Waals surface area contributed by atoms with E-state index in [4.69, 9.17) is 4.74 Å². The molecule has 0 aliphatic rings. The van der Waals surface area contributed by atoms with Gasteiger partial charge in [0.2, 0.25) is 5.91 Å². The van der Waals surface area contributed by atoms with Crippen LogP contribution >= 0.6 is 11.3 Å². The number of nitrogens with one attached hydrogen (secondary N) is 1. The normalized spacial score (nSPS) is 11.3. The maximum Gasteiger partial charge on any atom is 0.332 e. The molecule has 0 unspecified atom stereocenters. The summed E-state index contributed by atoms with van der Waals surface area (Å²) in [6, 6.07) is 9.34. The molecule has 8 heteroatoms. The molecule has 2 heterocycles. The van der Waals surface area contributed by atoms with Crippen molar-refractivity contribution in [2.24, 2.45) is 0 Å². The standard InChI is InChI=1S/C21H25N3O4S/c1-14(2)15-5-7-16(8-6-15)22-18(25)13-24-17-9-12-29-19(17)20(26)23(21(24)27)10-4-11-28-3/h5-9,12,14H,4,10-11,13H2,1-3H3,(H,22,25). The predicted octanol–water partition coefficient (Wildman–Crippen LogP) is 3.02. The molecule has 0 spiro atoms. The number of carbonyl (C=O) groups is 1. The first-order valence-corrected chi connectivity index (χ1v) is 10.4. The molecule has 0 saturated heterocycles. The summed E-state index contributed by atoms with van der Waals surface area (Å²) in [5.74, 6) is 0.0864. The maximum atomic E-state index is 12.9. The van der Waals surface area contributed by atoms with Crippen molar-refractivity contribution < 1.29 is 9.53 Å². The van der Waals surface area contributed by atoms with Crippen molar-refractivity contribution in [3.05, 3.63) is 62.1 Å². The largest absolute Gasteiger partial charge is 0.385 e. The Morgan fingerprint density at radius 2 is 1.86 bits per heavy atom. The van der Waals surface area contributed by atoms with Crippen molar-refractivity contribution in [3.8, 4) is 0 Å². The van der Waals surface area contributed by atoms with Crippen LogP contribution in [0.5, 0.6) is 0 Å². The first kappa shape index (κ1) is 21.0. The van der Waals surface area contributed by atoms with Crippen molar-refractivity contribution in [3.63, 3.8) is 0 Å². The zero-order chi connectivity index (χ0) is 21.0. The number of rotatable bonds is 8. The van der Waals surface area contributed by atoms with Gasteiger partial charge < -0.3 is 10.1 Å². The van der Waals surface area contributed by atoms with Crippen LogP contribution in [0.1, 0.15) is 31.7 Å². The van der Waals surface area contributed by atoms with E-state index in [1.807, 2.05) is 24.3 Å². The smallest absolute Gasteiger partial charge is 0.332 e. The van der Waals surface area contributed by atoms with E-state index in [9.17, 15) is 14.4 Å². The Hall–Kier alpha value is -2.71. The number of nitrogens with zero attached hydrogens (tertiary/aromatic N) is 2. The highest BCUT2D eigenvalue weighted by molar-refractivity contribution is 7.17. The fourth-order valence-electron chi connectivity index (χ4n) is 3.15. The number of amides is 1. The van der Waals surface area contributed by atoms with E-state index >= 15 is 0 Å². The number of hydrogen-bond donors (Lipinski definition) is 1. The molecule has 29 heavy (non-hydrogen) atoms. The lowest BCUT2D eigenvalue weighted by Crippen LogP contribution is -2.41. The molecule has 0 radical (unpaired) electrons. The highest BCUT2D eigenvalue weighted by atomic mass is 32.1. The minimum Gasteiger partial charge on any atom is -0.385 e. The van der Waals surface area contributed by atoms with E-state index in [1.54, 1.807) is 18.6 Å². The average molecular weight is 416 g/mol. The second-order valence-electron chi connectivity index (χ2n) is 7.13. The predicted molar refractivity (Wildman–Crippen MR) is 116 cm³/mol. The third kappa shape index (κ3) is 4.65. The summed E-state index contributed by atoms with van der Waals surface area (Å²) in [5, 5.41) is 4.58. The minimum atomic E-state index is -0.484. The van der Waals surface area contributed by atoms with Crippen LogP contribution in [-0.4, -0.2) is 28.8 Å². The molecule has 0 saturated carbocycles. The van der Waals surface area contributed by atoms with E-state index in [-0.39, 0.29) is 24.6 Å². The van der Waals surface area contributed by atoms with Crippen molar-refractivity contribution in [1.82, 2.24) is 9.13 Å². The number of methoxy groups -OCH3 is 1. The Balaban J connectivity index is 1.86. The lowest BCUT2D eigenvalue weighted by Gasteiger charge is -2.13. The van der Waals surface area contributed by atoms with E-state index in [0.717, 1.165) is 0 Å². The van der Waals surface area contributed by atoms with E-state index in [2.05, 4.69) is 19.2 Å². The number of carbonyl (C=O) groups excluding carboxylic acids is 1. The number of aromatic nitrogens is 2. The summed E-state index contributed by atoms with van der Waals surface area (Å²) in [5.41, 5.74) is 1.53.